The predicted molar refractivity (Wildman–Crippen MR) is 102 cm³/mol. The number of aryl methyl sites for hydroxylation is 1. The Bertz CT molecular complexity index is 1160. The molecule has 0 spiro atoms. The van der Waals surface area contributed by atoms with E-state index in [1.807, 2.05) is 0 Å². The van der Waals surface area contributed by atoms with E-state index < -0.39 is 12.8 Å². The lowest BCUT2D eigenvalue weighted by Gasteiger charge is -2.14. The SMILES string of the molecule is Cn1cc(NC(O)c2cnn3cccnc23)c(-c2cc(Cl)ccc2OC(F)F)n1. The lowest BCUT2D eigenvalue weighted by molar-refractivity contribution is -0.0494. The summed E-state index contributed by atoms with van der Waals surface area (Å²) in [4.78, 5) is 4.21. The Morgan fingerprint density at radius 1 is 1.31 bits per heavy atom. The zero-order chi connectivity index (χ0) is 20.5. The lowest BCUT2D eigenvalue weighted by Crippen LogP contribution is -2.10. The van der Waals surface area contributed by atoms with Crippen LogP contribution >= 0.6 is 11.6 Å². The number of rotatable bonds is 6. The summed E-state index contributed by atoms with van der Waals surface area (Å²) in [5.74, 6) is -0.0849. The third-order valence-corrected chi connectivity index (χ3v) is 4.37. The molecule has 0 saturated heterocycles. The van der Waals surface area contributed by atoms with Crippen LogP contribution in [0.3, 0.4) is 0 Å². The van der Waals surface area contributed by atoms with Gasteiger partial charge >= 0.3 is 6.61 Å². The van der Waals surface area contributed by atoms with Crippen molar-refractivity contribution in [3.8, 4) is 17.0 Å². The first kappa shape index (κ1) is 19.1. The molecule has 0 aliphatic rings. The number of halogens is 3. The predicted octanol–water partition coefficient (Wildman–Crippen LogP) is 3.49. The zero-order valence-corrected chi connectivity index (χ0v) is 15.8. The minimum atomic E-state index is -3.01. The summed E-state index contributed by atoms with van der Waals surface area (Å²) in [7, 11) is 1.66. The second-order valence-corrected chi connectivity index (χ2v) is 6.56. The lowest BCUT2D eigenvalue weighted by atomic mass is 10.1. The van der Waals surface area contributed by atoms with Crippen molar-refractivity contribution < 1.29 is 18.6 Å². The third-order valence-electron chi connectivity index (χ3n) is 4.13. The van der Waals surface area contributed by atoms with Crippen molar-refractivity contribution in [3.63, 3.8) is 0 Å². The molecule has 4 aromatic rings. The molecule has 4 rings (SSSR count). The fourth-order valence-electron chi connectivity index (χ4n) is 2.94. The molecule has 0 amide bonds. The van der Waals surface area contributed by atoms with Crippen LogP contribution in [0.4, 0.5) is 14.5 Å². The molecule has 0 aliphatic heterocycles. The van der Waals surface area contributed by atoms with E-state index in [1.165, 1.54) is 33.6 Å². The quantitative estimate of drug-likeness (QED) is 0.464. The van der Waals surface area contributed by atoms with Crippen molar-refractivity contribution in [1.82, 2.24) is 24.4 Å². The Labute approximate surface area is 168 Å². The van der Waals surface area contributed by atoms with Crippen molar-refractivity contribution in [2.45, 2.75) is 12.8 Å². The van der Waals surface area contributed by atoms with Crippen LogP contribution in [0.25, 0.3) is 16.9 Å². The van der Waals surface area contributed by atoms with Gasteiger partial charge in [0.2, 0.25) is 0 Å². The number of fused-ring (bicyclic) bond motifs is 1. The number of benzene rings is 1. The van der Waals surface area contributed by atoms with Crippen LogP contribution in [0.15, 0.2) is 49.1 Å². The summed E-state index contributed by atoms with van der Waals surface area (Å²) in [5.41, 5.74) is 1.84. The van der Waals surface area contributed by atoms with E-state index in [0.29, 0.717) is 21.9 Å². The van der Waals surface area contributed by atoms with Crippen molar-refractivity contribution in [2.24, 2.45) is 7.05 Å². The van der Waals surface area contributed by atoms with Crippen LogP contribution in [-0.4, -0.2) is 36.1 Å². The second-order valence-electron chi connectivity index (χ2n) is 6.12. The average molecular weight is 421 g/mol. The molecule has 1 aromatic carbocycles. The maximum absolute atomic E-state index is 12.8. The van der Waals surface area contributed by atoms with E-state index in [-0.39, 0.29) is 17.0 Å². The number of aliphatic hydroxyl groups excluding tert-OH is 1. The molecule has 11 heteroatoms. The van der Waals surface area contributed by atoms with Crippen LogP contribution in [0.5, 0.6) is 5.75 Å². The van der Waals surface area contributed by atoms with Crippen molar-refractivity contribution in [1.29, 1.82) is 0 Å². The number of aromatic nitrogens is 5. The number of nitrogens with one attached hydrogen (secondary N) is 1. The topological polar surface area (TPSA) is 89.5 Å². The van der Waals surface area contributed by atoms with Gasteiger partial charge < -0.3 is 15.2 Å². The van der Waals surface area contributed by atoms with Gasteiger partial charge in [-0.3, -0.25) is 4.68 Å². The first-order chi connectivity index (χ1) is 13.9. The van der Waals surface area contributed by atoms with Crippen LogP contribution in [0.2, 0.25) is 5.02 Å². The maximum Gasteiger partial charge on any atom is 0.387 e. The highest BCUT2D eigenvalue weighted by molar-refractivity contribution is 6.31. The fraction of sp³-hybridized carbons (Fsp3) is 0.167. The first-order valence-electron chi connectivity index (χ1n) is 8.43. The molecule has 0 saturated carbocycles. The van der Waals surface area contributed by atoms with Gasteiger partial charge in [-0.05, 0) is 24.3 Å². The summed E-state index contributed by atoms with van der Waals surface area (Å²) in [6.07, 6.45) is 5.20. The van der Waals surface area contributed by atoms with Gasteiger partial charge in [0, 0.05) is 36.2 Å². The van der Waals surface area contributed by atoms with Gasteiger partial charge in [-0.15, -0.1) is 0 Å². The van der Waals surface area contributed by atoms with Crippen LogP contribution in [0.1, 0.15) is 11.8 Å². The van der Waals surface area contributed by atoms with Gasteiger partial charge in [-0.2, -0.15) is 19.0 Å². The number of anilines is 1. The molecule has 150 valence electrons. The van der Waals surface area contributed by atoms with E-state index in [0.717, 1.165) is 0 Å². The Morgan fingerprint density at radius 2 is 2.14 bits per heavy atom. The highest BCUT2D eigenvalue weighted by Crippen LogP contribution is 2.37. The molecule has 8 nitrogen and oxygen atoms in total. The number of hydrogen-bond donors (Lipinski definition) is 2. The monoisotopic (exact) mass is 420 g/mol. The number of alkyl halides is 2. The largest absolute Gasteiger partial charge is 0.434 e. The Morgan fingerprint density at radius 3 is 2.93 bits per heavy atom. The van der Waals surface area contributed by atoms with Crippen LogP contribution < -0.4 is 10.1 Å². The molecule has 1 atom stereocenters. The molecular formula is C18H15ClF2N6O2. The van der Waals surface area contributed by atoms with Crippen LogP contribution in [0, 0.1) is 0 Å². The highest BCUT2D eigenvalue weighted by atomic mass is 35.5. The van der Waals surface area contributed by atoms with Crippen molar-refractivity contribution in [2.75, 3.05) is 5.32 Å². The number of nitrogens with zero attached hydrogens (tertiary/aromatic N) is 5. The summed E-state index contributed by atoms with van der Waals surface area (Å²) >= 11 is 6.05. The average Bonchev–Trinajstić information content (AvgIpc) is 3.26. The number of ether oxygens (including phenoxy) is 1. The van der Waals surface area contributed by atoms with Gasteiger partial charge in [-0.1, -0.05) is 11.6 Å². The Balaban J connectivity index is 1.72. The zero-order valence-electron chi connectivity index (χ0n) is 15.0. The number of aliphatic hydroxyl groups is 1. The molecule has 1 unspecified atom stereocenters. The smallest absolute Gasteiger partial charge is 0.387 e. The Hall–Kier alpha value is -3.24. The van der Waals surface area contributed by atoms with Gasteiger partial charge in [0.15, 0.2) is 11.9 Å². The summed E-state index contributed by atoms with van der Waals surface area (Å²) in [6, 6.07) is 5.97. The van der Waals surface area contributed by atoms with Gasteiger partial charge in [0.25, 0.3) is 0 Å². The second kappa shape index (κ2) is 7.64. The van der Waals surface area contributed by atoms with Gasteiger partial charge in [0.1, 0.15) is 11.4 Å². The van der Waals surface area contributed by atoms with Crippen molar-refractivity contribution >= 4 is 22.9 Å². The Kier molecular flexibility index (Phi) is 5.03. The summed E-state index contributed by atoms with van der Waals surface area (Å²) in [5, 5.41) is 22.4. The van der Waals surface area contributed by atoms with E-state index in [4.69, 9.17) is 11.6 Å². The standard InChI is InChI=1S/C18H15ClF2N6O2/c1-26-9-13(24-17(28)12-8-23-27-6-2-5-22-16(12)27)15(25-26)11-7-10(19)3-4-14(11)29-18(20)21/h2-9,17-18,24,28H,1H3. The first-order valence-corrected chi connectivity index (χ1v) is 8.81. The van der Waals surface area contributed by atoms with Crippen LogP contribution in [-0.2, 0) is 7.05 Å². The van der Waals surface area contributed by atoms with E-state index in [1.54, 1.807) is 31.7 Å². The summed E-state index contributed by atoms with van der Waals surface area (Å²) in [6.45, 7) is -3.01. The molecule has 3 aromatic heterocycles. The fourth-order valence-corrected chi connectivity index (χ4v) is 3.11. The highest BCUT2D eigenvalue weighted by Gasteiger charge is 2.21. The molecule has 0 radical (unpaired) electrons. The third kappa shape index (κ3) is 3.84. The van der Waals surface area contributed by atoms with Crippen molar-refractivity contribution in [3.05, 3.63) is 59.6 Å². The molecule has 29 heavy (non-hydrogen) atoms. The molecule has 0 aliphatic carbocycles. The number of hydrogen-bond acceptors (Lipinski definition) is 6. The minimum absolute atomic E-state index is 0.0849. The molecule has 0 fully saturated rings. The summed E-state index contributed by atoms with van der Waals surface area (Å²) < 4.78 is 33.2. The molecule has 2 N–H and O–H groups in total. The minimum Gasteiger partial charge on any atom is -0.434 e. The van der Waals surface area contributed by atoms with Gasteiger partial charge in [0.05, 0.1) is 17.4 Å². The van der Waals surface area contributed by atoms with Gasteiger partial charge in [-0.25, -0.2) is 9.50 Å². The normalized spacial score (nSPS) is 12.5. The van der Waals surface area contributed by atoms with E-state index in [2.05, 4.69) is 25.2 Å². The molecular weight excluding hydrogens is 406 g/mol. The van der Waals surface area contributed by atoms with E-state index in [9.17, 15) is 13.9 Å². The van der Waals surface area contributed by atoms with E-state index >= 15 is 0 Å². The maximum atomic E-state index is 12.8. The molecule has 0 bridgehead atoms. The molecule has 3 heterocycles.